The van der Waals surface area contributed by atoms with E-state index >= 15 is 0 Å². The number of hydrogen-bond donors (Lipinski definition) is 1. The quantitative estimate of drug-likeness (QED) is 0.774. The number of nitrogens with zero attached hydrogens (tertiary/aromatic N) is 1. The molecule has 1 aromatic heterocycles. The van der Waals surface area contributed by atoms with E-state index in [9.17, 15) is 0 Å². The van der Waals surface area contributed by atoms with Crippen molar-refractivity contribution in [2.45, 2.75) is 31.1 Å². The third kappa shape index (κ3) is 1.96. The highest BCUT2D eigenvalue weighted by atomic mass is 16.7. The molecular weight excluding hydrogens is 204 g/mol. The zero-order valence-electron chi connectivity index (χ0n) is 9.72. The molecule has 0 saturated carbocycles. The molecule has 1 heterocycles. The van der Waals surface area contributed by atoms with Crippen LogP contribution in [0, 0.1) is 0 Å². The van der Waals surface area contributed by atoms with Crippen molar-refractivity contribution < 1.29 is 9.47 Å². The fourth-order valence-electron chi connectivity index (χ4n) is 2.42. The molecule has 4 nitrogen and oxygen atoms in total. The third-order valence-corrected chi connectivity index (χ3v) is 3.25. The van der Waals surface area contributed by atoms with Gasteiger partial charge in [-0.2, -0.15) is 0 Å². The average molecular weight is 222 g/mol. The van der Waals surface area contributed by atoms with E-state index in [2.05, 4.69) is 11.1 Å². The van der Waals surface area contributed by atoms with E-state index in [1.807, 2.05) is 12.3 Å². The number of hydrogen-bond acceptors (Lipinski definition) is 4. The lowest BCUT2D eigenvalue weighted by atomic mass is 9.97. The second-order valence-electron chi connectivity index (χ2n) is 4.11. The van der Waals surface area contributed by atoms with E-state index in [0.29, 0.717) is 0 Å². The van der Waals surface area contributed by atoms with Gasteiger partial charge in [0.2, 0.25) is 0 Å². The molecule has 0 aromatic carbocycles. The highest BCUT2D eigenvalue weighted by Crippen LogP contribution is 2.34. The van der Waals surface area contributed by atoms with Crippen molar-refractivity contribution in [2.75, 3.05) is 14.2 Å². The zero-order valence-corrected chi connectivity index (χ0v) is 9.72. The maximum atomic E-state index is 6.17. The maximum absolute atomic E-state index is 6.17. The Kier molecular flexibility index (Phi) is 3.53. The minimum atomic E-state index is -0.363. The Hall–Kier alpha value is -0.970. The summed E-state index contributed by atoms with van der Waals surface area (Å²) in [5.74, 6) is 0.237. The van der Waals surface area contributed by atoms with Gasteiger partial charge in [-0.1, -0.05) is 6.07 Å². The van der Waals surface area contributed by atoms with Crippen LogP contribution in [0.3, 0.4) is 0 Å². The molecule has 2 rings (SSSR count). The SMILES string of the molecule is COC(OC)C(N)C1CCc2cccnc21. The molecule has 0 amide bonds. The van der Waals surface area contributed by atoms with Crippen LogP contribution in [0.5, 0.6) is 0 Å². The van der Waals surface area contributed by atoms with E-state index < -0.39 is 0 Å². The molecular formula is C12H18N2O2. The summed E-state index contributed by atoms with van der Waals surface area (Å²) in [6.07, 6.45) is 3.52. The Bertz CT molecular complexity index is 353. The first-order valence-corrected chi connectivity index (χ1v) is 5.53. The minimum absolute atomic E-state index is 0.161. The zero-order chi connectivity index (χ0) is 11.5. The van der Waals surface area contributed by atoms with Crippen molar-refractivity contribution in [1.82, 2.24) is 4.98 Å². The van der Waals surface area contributed by atoms with Gasteiger partial charge in [-0.25, -0.2) is 0 Å². The van der Waals surface area contributed by atoms with E-state index in [0.717, 1.165) is 18.5 Å². The Labute approximate surface area is 95.8 Å². The molecule has 1 aliphatic carbocycles. The number of ether oxygens (including phenoxy) is 2. The molecule has 2 unspecified atom stereocenters. The summed E-state index contributed by atoms with van der Waals surface area (Å²) in [5.41, 5.74) is 8.57. The Morgan fingerprint density at radius 2 is 2.19 bits per heavy atom. The smallest absolute Gasteiger partial charge is 0.172 e. The molecule has 0 spiro atoms. The van der Waals surface area contributed by atoms with Gasteiger partial charge in [-0.05, 0) is 24.5 Å². The second kappa shape index (κ2) is 4.91. The van der Waals surface area contributed by atoms with Gasteiger partial charge in [0.25, 0.3) is 0 Å². The summed E-state index contributed by atoms with van der Waals surface area (Å²) in [7, 11) is 3.23. The van der Waals surface area contributed by atoms with Gasteiger partial charge in [-0.3, -0.25) is 4.98 Å². The standard InChI is InChI=1S/C12H18N2O2/c1-15-12(16-2)10(13)9-6-5-8-4-3-7-14-11(8)9/h3-4,7,9-10,12H,5-6,13H2,1-2H3. The largest absolute Gasteiger partial charge is 0.354 e. The fourth-order valence-corrected chi connectivity index (χ4v) is 2.42. The van der Waals surface area contributed by atoms with Gasteiger partial charge in [0, 0.05) is 32.0 Å². The Morgan fingerprint density at radius 1 is 1.44 bits per heavy atom. The number of fused-ring (bicyclic) bond motifs is 1. The van der Waals surface area contributed by atoms with Crippen molar-refractivity contribution >= 4 is 0 Å². The number of aromatic nitrogens is 1. The molecule has 1 aromatic rings. The van der Waals surface area contributed by atoms with E-state index in [4.69, 9.17) is 15.2 Å². The summed E-state index contributed by atoms with van der Waals surface area (Å²) >= 11 is 0. The fraction of sp³-hybridized carbons (Fsp3) is 0.583. The Balaban J connectivity index is 2.18. The molecule has 0 saturated heterocycles. The van der Waals surface area contributed by atoms with Crippen molar-refractivity contribution in [1.29, 1.82) is 0 Å². The summed E-state index contributed by atoms with van der Waals surface area (Å²) in [5, 5.41) is 0. The third-order valence-electron chi connectivity index (χ3n) is 3.25. The molecule has 0 aliphatic heterocycles. The molecule has 0 fully saturated rings. The van der Waals surface area contributed by atoms with Crippen LogP contribution in [0.15, 0.2) is 18.3 Å². The topological polar surface area (TPSA) is 57.4 Å². The van der Waals surface area contributed by atoms with Gasteiger partial charge in [-0.15, -0.1) is 0 Å². The van der Waals surface area contributed by atoms with Crippen LogP contribution in [0.4, 0.5) is 0 Å². The maximum Gasteiger partial charge on any atom is 0.172 e. The minimum Gasteiger partial charge on any atom is -0.354 e. The lowest BCUT2D eigenvalue weighted by molar-refractivity contribution is -0.120. The highest BCUT2D eigenvalue weighted by molar-refractivity contribution is 5.30. The van der Waals surface area contributed by atoms with E-state index in [-0.39, 0.29) is 18.2 Å². The van der Waals surface area contributed by atoms with Gasteiger partial charge in [0.1, 0.15) is 0 Å². The molecule has 2 atom stereocenters. The first-order valence-electron chi connectivity index (χ1n) is 5.53. The number of nitrogens with two attached hydrogens (primary N) is 1. The van der Waals surface area contributed by atoms with Gasteiger partial charge in [0.05, 0.1) is 6.04 Å². The van der Waals surface area contributed by atoms with Crippen LogP contribution >= 0.6 is 0 Å². The second-order valence-corrected chi connectivity index (χ2v) is 4.11. The predicted octanol–water partition coefficient (Wildman–Crippen LogP) is 1.06. The van der Waals surface area contributed by atoms with Crippen LogP contribution < -0.4 is 5.73 Å². The normalized spacial score (nSPS) is 21.1. The number of aryl methyl sites for hydroxylation is 1. The van der Waals surface area contributed by atoms with Crippen LogP contribution in [-0.2, 0) is 15.9 Å². The molecule has 1 aliphatic rings. The summed E-state index contributed by atoms with van der Waals surface area (Å²) in [6.45, 7) is 0. The number of rotatable bonds is 4. The van der Waals surface area contributed by atoms with Gasteiger partial charge in [0.15, 0.2) is 6.29 Å². The van der Waals surface area contributed by atoms with E-state index in [1.54, 1.807) is 14.2 Å². The van der Waals surface area contributed by atoms with Crippen LogP contribution in [-0.4, -0.2) is 31.5 Å². The molecule has 0 bridgehead atoms. The molecule has 16 heavy (non-hydrogen) atoms. The summed E-state index contributed by atoms with van der Waals surface area (Å²) < 4.78 is 10.4. The Morgan fingerprint density at radius 3 is 2.88 bits per heavy atom. The first kappa shape index (κ1) is 11.5. The molecule has 88 valence electrons. The number of methoxy groups -OCH3 is 2. The first-order chi connectivity index (χ1) is 7.77. The van der Waals surface area contributed by atoms with Crippen molar-refractivity contribution in [2.24, 2.45) is 5.73 Å². The van der Waals surface area contributed by atoms with Gasteiger partial charge >= 0.3 is 0 Å². The molecule has 2 N–H and O–H groups in total. The predicted molar refractivity (Wildman–Crippen MR) is 61.1 cm³/mol. The van der Waals surface area contributed by atoms with Crippen LogP contribution in [0.25, 0.3) is 0 Å². The molecule has 4 heteroatoms. The van der Waals surface area contributed by atoms with Crippen molar-refractivity contribution in [3.05, 3.63) is 29.6 Å². The average Bonchev–Trinajstić information content (AvgIpc) is 2.74. The monoisotopic (exact) mass is 222 g/mol. The molecule has 0 radical (unpaired) electrons. The van der Waals surface area contributed by atoms with Crippen molar-refractivity contribution in [3.8, 4) is 0 Å². The van der Waals surface area contributed by atoms with Gasteiger partial charge < -0.3 is 15.2 Å². The summed E-state index contributed by atoms with van der Waals surface area (Å²) in [4.78, 5) is 4.42. The van der Waals surface area contributed by atoms with E-state index in [1.165, 1.54) is 5.56 Å². The summed E-state index contributed by atoms with van der Waals surface area (Å²) in [6, 6.07) is 3.92. The lowest BCUT2D eigenvalue weighted by Gasteiger charge is -2.26. The van der Waals surface area contributed by atoms with Crippen LogP contribution in [0.2, 0.25) is 0 Å². The highest BCUT2D eigenvalue weighted by Gasteiger charge is 2.33. The lowest BCUT2D eigenvalue weighted by Crippen LogP contribution is -2.42. The number of pyridine rings is 1. The van der Waals surface area contributed by atoms with Crippen molar-refractivity contribution in [3.63, 3.8) is 0 Å². The van der Waals surface area contributed by atoms with Crippen LogP contribution in [0.1, 0.15) is 23.6 Å².